The average Bonchev–Trinajstić information content (AvgIpc) is 3.45. The molecule has 1 aromatic rings. The molecule has 4 rings (SSSR count). The Hall–Kier alpha value is -2.01. The van der Waals surface area contributed by atoms with Gasteiger partial charge >= 0.3 is 0 Å². The fourth-order valence-corrected chi connectivity index (χ4v) is 7.26. The molecule has 0 atom stereocenters. The molecule has 2 amide bonds. The molecule has 0 saturated carbocycles. The van der Waals surface area contributed by atoms with E-state index < -0.39 is 10.0 Å². The number of amides is 2. The minimum atomic E-state index is -3.35. The standard InChI is InChI=1S/C28H44N4O5S/c1-23(33)32-17-6-4-2-3-5-14-30(26-11-18-37-19-12-26)22-25-21-24(9-10-27(25)32)28(34)29-13-20-38(35,36)31-15-7-8-16-31/h9-10,21,26H,2-8,11-20,22H2,1H3,(H,29,34). The lowest BCUT2D eigenvalue weighted by molar-refractivity contribution is -0.116. The summed E-state index contributed by atoms with van der Waals surface area (Å²) in [5.41, 5.74) is 2.32. The van der Waals surface area contributed by atoms with Crippen LogP contribution in [0.15, 0.2) is 18.2 Å². The monoisotopic (exact) mass is 548 g/mol. The largest absolute Gasteiger partial charge is 0.381 e. The van der Waals surface area contributed by atoms with Crippen molar-refractivity contribution in [2.45, 2.75) is 77.3 Å². The second kappa shape index (κ2) is 13.9. The zero-order valence-corrected chi connectivity index (χ0v) is 23.6. The van der Waals surface area contributed by atoms with Crippen molar-refractivity contribution in [1.82, 2.24) is 14.5 Å². The summed E-state index contributed by atoms with van der Waals surface area (Å²) in [5, 5.41) is 2.81. The van der Waals surface area contributed by atoms with Gasteiger partial charge < -0.3 is 15.0 Å². The summed E-state index contributed by atoms with van der Waals surface area (Å²) in [7, 11) is -3.35. The first-order chi connectivity index (χ1) is 18.3. The fraction of sp³-hybridized carbons (Fsp3) is 0.714. The van der Waals surface area contributed by atoms with Crippen LogP contribution in [0, 0.1) is 0 Å². The summed E-state index contributed by atoms with van der Waals surface area (Å²) in [5.74, 6) is -0.382. The van der Waals surface area contributed by atoms with Gasteiger partial charge in [0.2, 0.25) is 15.9 Å². The molecule has 2 saturated heterocycles. The van der Waals surface area contributed by atoms with Crippen molar-refractivity contribution < 1.29 is 22.7 Å². The number of nitrogens with zero attached hydrogens (tertiary/aromatic N) is 3. The van der Waals surface area contributed by atoms with E-state index in [1.165, 1.54) is 17.1 Å². The summed E-state index contributed by atoms with van der Waals surface area (Å²) in [6.45, 7) is 6.64. The topological polar surface area (TPSA) is 99.3 Å². The van der Waals surface area contributed by atoms with Crippen molar-refractivity contribution in [3.05, 3.63) is 29.3 Å². The number of sulfonamides is 1. The maximum Gasteiger partial charge on any atom is 0.251 e. The summed E-state index contributed by atoms with van der Waals surface area (Å²) < 4.78 is 32.2. The van der Waals surface area contributed by atoms with Gasteiger partial charge in [0.15, 0.2) is 0 Å². The van der Waals surface area contributed by atoms with Crippen molar-refractivity contribution in [2.75, 3.05) is 56.6 Å². The maximum absolute atomic E-state index is 13.1. The SMILES string of the molecule is CC(=O)N1CCCCCCCN(C2CCOCC2)Cc2cc(C(=O)NCCS(=O)(=O)N3CCCC3)ccc21. The Morgan fingerprint density at radius 1 is 0.947 bits per heavy atom. The number of carbonyl (C=O) groups is 2. The Labute approximate surface area is 227 Å². The molecule has 0 bridgehead atoms. The number of anilines is 1. The van der Waals surface area contributed by atoms with Gasteiger partial charge in [-0.3, -0.25) is 14.5 Å². The quantitative estimate of drug-likeness (QED) is 0.587. The molecule has 3 aliphatic rings. The summed E-state index contributed by atoms with van der Waals surface area (Å²) >= 11 is 0. The highest BCUT2D eigenvalue weighted by molar-refractivity contribution is 7.89. The van der Waals surface area contributed by atoms with Gasteiger partial charge in [-0.05, 0) is 68.8 Å². The van der Waals surface area contributed by atoms with Crippen molar-refractivity contribution in [2.24, 2.45) is 0 Å². The third-order valence-corrected chi connectivity index (χ3v) is 9.90. The number of benzene rings is 1. The van der Waals surface area contributed by atoms with E-state index in [4.69, 9.17) is 4.74 Å². The van der Waals surface area contributed by atoms with Gasteiger partial charge in [-0.25, -0.2) is 12.7 Å². The molecular weight excluding hydrogens is 504 g/mol. The highest BCUT2D eigenvalue weighted by Crippen LogP contribution is 2.28. The first-order valence-corrected chi connectivity index (χ1v) is 15.9. The van der Waals surface area contributed by atoms with Gasteiger partial charge in [0.05, 0.1) is 5.75 Å². The first-order valence-electron chi connectivity index (χ1n) is 14.3. The second-order valence-electron chi connectivity index (χ2n) is 10.8. The molecule has 0 radical (unpaired) electrons. The molecule has 3 heterocycles. The Morgan fingerprint density at radius 2 is 1.61 bits per heavy atom. The normalized spacial score (nSPS) is 21.3. The van der Waals surface area contributed by atoms with Crippen LogP contribution < -0.4 is 10.2 Å². The predicted octanol–water partition coefficient (Wildman–Crippen LogP) is 3.14. The second-order valence-corrected chi connectivity index (χ2v) is 12.9. The van der Waals surface area contributed by atoms with Crippen LogP contribution in [0.3, 0.4) is 0 Å². The number of rotatable bonds is 6. The van der Waals surface area contributed by atoms with E-state index in [-0.39, 0.29) is 24.1 Å². The molecule has 38 heavy (non-hydrogen) atoms. The molecule has 2 fully saturated rings. The van der Waals surface area contributed by atoms with Crippen LogP contribution in [-0.2, 0) is 26.1 Å². The third-order valence-electron chi connectivity index (χ3n) is 8.02. The molecule has 0 aromatic heterocycles. The highest BCUT2D eigenvalue weighted by Gasteiger charge is 2.27. The number of carbonyl (C=O) groups excluding carboxylic acids is 2. The van der Waals surface area contributed by atoms with Gasteiger partial charge in [-0.2, -0.15) is 0 Å². The van der Waals surface area contributed by atoms with Crippen molar-refractivity contribution in [1.29, 1.82) is 0 Å². The van der Waals surface area contributed by atoms with Gasteiger partial charge in [0, 0.05) is 70.2 Å². The van der Waals surface area contributed by atoms with Crippen molar-refractivity contribution in [3.63, 3.8) is 0 Å². The molecule has 1 N–H and O–H groups in total. The molecule has 3 aliphatic heterocycles. The number of ether oxygens (including phenoxy) is 1. The average molecular weight is 549 g/mol. The van der Waals surface area contributed by atoms with Crippen LogP contribution in [0.1, 0.15) is 80.6 Å². The number of fused-ring (bicyclic) bond motifs is 1. The molecule has 1 aromatic carbocycles. The maximum atomic E-state index is 13.1. The fourth-order valence-electron chi connectivity index (χ4n) is 5.83. The van der Waals surface area contributed by atoms with Crippen LogP contribution in [0.5, 0.6) is 0 Å². The van der Waals surface area contributed by atoms with Crippen LogP contribution in [0.2, 0.25) is 0 Å². The highest BCUT2D eigenvalue weighted by atomic mass is 32.2. The number of hydrogen-bond donors (Lipinski definition) is 1. The number of nitrogens with one attached hydrogen (secondary N) is 1. The molecule has 10 heteroatoms. The lowest BCUT2D eigenvalue weighted by Gasteiger charge is -2.36. The van der Waals surface area contributed by atoms with Crippen molar-refractivity contribution in [3.8, 4) is 0 Å². The van der Waals surface area contributed by atoms with E-state index in [0.29, 0.717) is 37.8 Å². The van der Waals surface area contributed by atoms with Crippen molar-refractivity contribution >= 4 is 27.5 Å². The lowest BCUT2D eigenvalue weighted by Crippen LogP contribution is -2.40. The van der Waals surface area contributed by atoms with Gasteiger partial charge in [0.1, 0.15) is 0 Å². The Morgan fingerprint density at radius 3 is 2.32 bits per heavy atom. The zero-order valence-electron chi connectivity index (χ0n) is 22.8. The van der Waals surface area contributed by atoms with Gasteiger partial charge in [-0.1, -0.05) is 19.3 Å². The zero-order chi connectivity index (χ0) is 27.0. The Balaban J connectivity index is 1.54. The molecule has 212 valence electrons. The van der Waals surface area contributed by atoms with E-state index >= 15 is 0 Å². The molecule has 0 unspecified atom stereocenters. The predicted molar refractivity (Wildman–Crippen MR) is 149 cm³/mol. The van der Waals surface area contributed by atoms with E-state index in [1.54, 1.807) is 13.0 Å². The lowest BCUT2D eigenvalue weighted by atomic mass is 10.0. The van der Waals surface area contributed by atoms with Crippen LogP contribution in [0.4, 0.5) is 5.69 Å². The third kappa shape index (κ3) is 7.77. The Kier molecular flexibility index (Phi) is 10.6. The van der Waals surface area contributed by atoms with Crippen LogP contribution >= 0.6 is 0 Å². The first kappa shape index (κ1) is 29.0. The number of hydrogen-bond acceptors (Lipinski definition) is 6. The van der Waals surface area contributed by atoms with E-state index in [9.17, 15) is 18.0 Å². The minimum absolute atomic E-state index is 0.00486. The van der Waals surface area contributed by atoms with E-state index in [2.05, 4.69) is 10.2 Å². The van der Waals surface area contributed by atoms with Gasteiger partial charge in [-0.15, -0.1) is 0 Å². The van der Waals surface area contributed by atoms with Gasteiger partial charge in [0.25, 0.3) is 5.91 Å². The summed E-state index contributed by atoms with van der Waals surface area (Å²) in [4.78, 5) is 30.1. The Bertz CT molecular complexity index is 1050. The van der Waals surface area contributed by atoms with E-state index in [1.807, 2.05) is 17.0 Å². The minimum Gasteiger partial charge on any atom is -0.381 e. The summed E-state index contributed by atoms with van der Waals surface area (Å²) in [6, 6.07) is 5.95. The molecule has 9 nitrogen and oxygen atoms in total. The smallest absolute Gasteiger partial charge is 0.251 e. The molecule has 0 spiro atoms. The molecule has 0 aliphatic carbocycles. The molecular formula is C28H44N4O5S. The van der Waals surface area contributed by atoms with Crippen LogP contribution in [-0.4, -0.2) is 87.2 Å². The van der Waals surface area contributed by atoms with Crippen LogP contribution in [0.25, 0.3) is 0 Å². The van der Waals surface area contributed by atoms with E-state index in [0.717, 1.165) is 76.0 Å². The summed E-state index contributed by atoms with van der Waals surface area (Å²) in [6.07, 6.45) is 9.28.